The number of nitrogens with one attached hydrogen (secondary N) is 1. The van der Waals surface area contributed by atoms with E-state index in [1.54, 1.807) is 17.3 Å². The minimum absolute atomic E-state index is 0.0897. The Hall–Kier alpha value is -1.41. The number of hydrogen-bond donors (Lipinski definition) is 1. The summed E-state index contributed by atoms with van der Waals surface area (Å²) in [5, 5.41) is 7.77. The predicted octanol–water partition coefficient (Wildman–Crippen LogP) is 2.89. The van der Waals surface area contributed by atoms with Crippen LogP contribution in [0.3, 0.4) is 0 Å². The lowest BCUT2D eigenvalue weighted by Crippen LogP contribution is -2.33. The third-order valence-corrected chi connectivity index (χ3v) is 4.47. The van der Waals surface area contributed by atoms with Crippen LogP contribution in [0.25, 0.3) is 0 Å². The van der Waals surface area contributed by atoms with Gasteiger partial charge in [0.25, 0.3) is 0 Å². The van der Waals surface area contributed by atoms with Gasteiger partial charge in [-0.3, -0.25) is 10.00 Å². The summed E-state index contributed by atoms with van der Waals surface area (Å²) in [5.41, 5.74) is 0. The topological polar surface area (TPSA) is 63.1 Å². The molecule has 1 aliphatic rings. The van der Waals surface area contributed by atoms with E-state index in [1.165, 1.54) is 11.3 Å². The summed E-state index contributed by atoms with van der Waals surface area (Å²) in [6, 6.07) is 0.151. The first kappa shape index (κ1) is 13.6. The molecule has 0 aliphatic carbocycles. The van der Waals surface area contributed by atoms with Crippen LogP contribution >= 0.6 is 27.3 Å². The predicted molar refractivity (Wildman–Crippen MR) is 81.0 cm³/mol. The van der Waals surface area contributed by atoms with E-state index in [1.807, 2.05) is 17.8 Å². The normalized spacial score (nSPS) is 18.5. The van der Waals surface area contributed by atoms with Crippen molar-refractivity contribution in [2.24, 2.45) is 0 Å². The van der Waals surface area contributed by atoms with Gasteiger partial charge in [-0.2, -0.15) is 5.10 Å². The molecule has 106 valence electrons. The Balaban J connectivity index is 1.60. The van der Waals surface area contributed by atoms with E-state index in [-0.39, 0.29) is 12.1 Å². The van der Waals surface area contributed by atoms with Crippen LogP contribution in [0.5, 0.6) is 0 Å². The van der Waals surface area contributed by atoms with Crippen molar-refractivity contribution in [2.45, 2.75) is 19.4 Å². The zero-order chi connectivity index (χ0) is 14.1. The summed E-state index contributed by atoms with van der Waals surface area (Å²) >= 11 is 4.87. The Bertz CT molecular complexity index is 625. The fourth-order valence-corrected chi connectivity index (χ4v) is 3.20. The van der Waals surface area contributed by atoms with E-state index in [0.29, 0.717) is 11.7 Å². The number of carbonyl (C=O) groups is 1. The summed E-state index contributed by atoms with van der Waals surface area (Å²) in [4.78, 5) is 19.2. The van der Waals surface area contributed by atoms with Gasteiger partial charge in [0.05, 0.1) is 16.7 Å². The van der Waals surface area contributed by atoms with Crippen molar-refractivity contribution < 1.29 is 4.79 Å². The Morgan fingerprint density at radius 3 is 3.05 bits per heavy atom. The quantitative estimate of drug-likeness (QED) is 0.900. The van der Waals surface area contributed by atoms with Crippen LogP contribution in [0.1, 0.15) is 17.3 Å². The highest BCUT2D eigenvalue weighted by molar-refractivity contribution is 9.10. The monoisotopic (exact) mass is 355 g/mol. The number of thiazole rings is 1. The molecular weight excluding hydrogens is 342 g/mol. The molecule has 0 aromatic carbocycles. The van der Waals surface area contributed by atoms with Crippen molar-refractivity contribution in [3.8, 4) is 0 Å². The van der Waals surface area contributed by atoms with Crippen molar-refractivity contribution >= 4 is 38.4 Å². The van der Waals surface area contributed by atoms with E-state index in [2.05, 4.69) is 31.3 Å². The first-order valence-electron chi connectivity index (χ1n) is 6.30. The number of hydrogen-bond acceptors (Lipinski definition) is 4. The number of urea groups is 1. The maximum atomic E-state index is 12.1. The van der Waals surface area contributed by atoms with Gasteiger partial charge in [-0.1, -0.05) is 0 Å². The van der Waals surface area contributed by atoms with Crippen LogP contribution in [0.15, 0.2) is 23.1 Å². The standard InChI is InChI=1S/C12H14BrN5OS/c1-8-4-14-11(20-8)16-12(19)17-3-2-10(7-17)18-6-9(13)5-15-18/h4-6,10H,2-3,7H2,1H3,(H,14,16,19). The second kappa shape index (κ2) is 5.53. The lowest BCUT2D eigenvalue weighted by Gasteiger charge is -2.16. The number of halogens is 1. The van der Waals surface area contributed by atoms with E-state index in [0.717, 1.165) is 22.3 Å². The molecule has 6 nitrogen and oxygen atoms in total. The zero-order valence-corrected chi connectivity index (χ0v) is 13.3. The van der Waals surface area contributed by atoms with E-state index in [4.69, 9.17) is 0 Å². The number of carbonyl (C=O) groups excluding carboxylic acids is 1. The highest BCUT2D eigenvalue weighted by atomic mass is 79.9. The first-order valence-corrected chi connectivity index (χ1v) is 7.91. The SMILES string of the molecule is Cc1cnc(NC(=O)N2CCC(n3cc(Br)cn3)C2)s1. The second-order valence-corrected chi connectivity index (χ2v) is 6.88. The van der Waals surface area contributed by atoms with Gasteiger partial charge in [0.15, 0.2) is 5.13 Å². The van der Waals surface area contributed by atoms with Crippen molar-refractivity contribution in [3.05, 3.63) is 27.9 Å². The van der Waals surface area contributed by atoms with Gasteiger partial charge in [0.2, 0.25) is 0 Å². The Morgan fingerprint density at radius 1 is 1.55 bits per heavy atom. The molecule has 3 rings (SSSR count). The van der Waals surface area contributed by atoms with Crippen LogP contribution in [0.4, 0.5) is 9.93 Å². The maximum Gasteiger partial charge on any atom is 0.323 e. The maximum absolute atomic E-state index is 12.1. The molecule has 2 aromatic rings. The van der Waals surface area contributed by atoms with Gasteiger partial charge in [-0.15, -0.1) is 11.3 Å². The molecule has 2 aromatic heterocycles. The summed E-state index contributed by atoms with van der Waals surface area (Å²) in [5.74, 6) is 0. The first-order chi connectivity index (χ1) is 9.61. The summed E-state index contributed by atoms with van der Waals surface area (Å²) < 4.78 is 2.86. The third kappa shape index (κ3) is 2.85. The molecule has 8 heteroatoms. The molecule has 0 saturated carbocycles. The van der Waals surface area contributed by atoms with Crippen LogP contribution in [-0.4, -0.2) is 38.8 Å². The van der Waals surface area contributed by atoms with Crippen LogP contribution in [0, 0.1) is 6.92 Å². The lowest BCUT2D eigenvalue weighted by molar-refractivity contribution is 0.220. The number of amides is 2. The molecule has 0 bridgehead atoms. The molecule has 3 heterocycles. The highest BCUT2D eigenvalue weighted by Gasteiger charge is 2.28. The van der Waals surface area contributed by atoms with Crippen molar-refractivity contribution in [3.63, 3.8) is 0 Å². The molecule has 20 heavy (non-hydrogen) atoms. The molecule has 2 amide bonds. The van der Waals surface area contributed by atoms with E-state index in [9.17, 15) is 4.79 Å². The van der Waals surface area contributed by atoms with Gasteiger partial charge in [-0.25, -0.2) is 9.78 Å². The Labute approximate surface area is 128 Å². The highest BCUT2D eigenvalue weighted by Crippen LogP contribution is 2.24. The smallest absolute Gasteiger partial charge is 0.322 e. The number of rotatable bonds is 2. The molecule has 1 atom stereocenters. The number of aryl methyl sites for hydroxylation is 1. The number of aromatic nitrogens is 3. The zero-order valence-electron chi connectivity index (χ0n) is 10.9. The summed E-state index contributed by atoms with van der Waals surface area (Å²) in [7, 11) is 0. The number of likely N-dealkylation sites (tertiary alicyclic amines) is 1. The molecule has 1 N–H and O–H groups in total. The Kier molecular flexibility index (Phi) is 3.75. The van der Waals surface area contributed by atoms with E-state index < -0.39 is 0 Å². The number of anilines is 1. The third-order valence-electron chi connectivity index (χ3n) is 3.23. The Morgan fingerprint density at radius 2 is 2.40 bits per heavy atom. The van der Waals surface area contributed by atoms with Crippen molar-refractivity contribution in [1.29, 1.82) is 0 Å². The molecular formula is C12H14BrN5OS. The fraction of sp³-hybridized carbons (Fsp3) is 0.417. The fourth-order valence-electron chi connectivity index (χ4n) is 2.24. The minimum Gasteiger partial charge on any atom is -0.322 e. The minimum atomic E-state index is -0.0897. The van der Waals surface area contributed by atoms with Crippen LogP contribution in [0.2, 0.25) is 0 Å². The molecule has 0 radical (unpaired) electrons. The number of nitrogens with zero attached hydrogens (tertiary/aromatic N) is 4. The van der Waals surface area contributed by atoms with E-state index >= 15 is 0 Å². The second-order valence-electron chi connectivity index (χ2n) is 4.73. The average molecular weight is 356 g/mol. The van der Waals surface area contributed by atoms with Crippen LogP contribution in [-0.2, 0) is 0 Å². The summed E-state index contributed by atoms with van der Waals surface area (Å²) in [6.07, 6.45) is 6.38. The van der Waals surface area contributed by atoms with Crippen LogP contribution < -0.4 is 5.32 Å². The van der Waals surface area contributed by atoms with Gasteiger partial charge in [0.1, 0.15) is 0 Å². The lowest BCUT2D eigenvalue weighted by atomic mass is 10.3. The van der Waals surface area contributed by atoms with Gasteiger partial charge < -0.3 is 4.90 Å². The van der Waals surface area contributed by atoms with Crippen molar-refractivity contribution in [1.82, 2.24) is 19.7 Å². The largest absolute Gasteiger partial charge is 0.323 e. The molecule has 1 fully saturated rings. The van der Waals surface area contributed by atoms with Gasteiger partial charge in [-0.05, 0) is 29.3 Å². The van der Waals surface area contributed by atoms with Gasteiger partial charge >= 0.3 is 6.03 Å². The van der Waals surface area contributed by atoms with Crippen molar-refractivity contribution in [2.75, 3.05) is 18.4 Å². The van der Waals surface area contributed by atoms with Gasteiger partial charge in [0, 0.05) is 30.4 Å². The average Bonchev–Trinajstić information content (AvgIpc) is 3.10. The summed E-state index contributed by atoms with van der Waals surface area (Å²) in [6.45, 7) is 3.37. The molecule has 1 aliphatic heterocycles. The molecule has 0 spiro atoms. The molecule has 1 unspecified atom stereocenters. The molecule has 1 saturated heterocycles.